The number of Topliss-reactive ketones (excluding diaryl/α,β-unsaturated/α-hetero) is 1. The van der Waals surface area contributed by atoms with Gasteiger partial charge in [0, 0.05) is 33.5 Å². The predicted molar refractivity (Wildman–Crippen MR) is 207 cm³/mol. The maximum Gasteiger partial charge on any atom is 0.290 e. The predicted octanol–water partition coefficient (Wildman–Crippen LogP) is 1.83. The van der Waals surface area contributed by atoms with Gasteiger partial charge < -0.3 is 40.5 Å². The Balaban J connectivity index is 1.48. The summed E-state index contributed by atoms with van der Waals surface area (Å²) in [6, 6.07) is 11.5. The van der Waals surface area contributed by atoms with E-state index in [0.29, 0.717) is 49.4 Å². The third-order valence-corrected chi connectivity index (χ3v) is 9.68. The topological polar surface area (TPSA) is 193 Å². The van der Waals surface area contributed by atoms with E-state index in [4.69, 9.17) is 9.47 Å². The quantitative estimate of drug-likeness (QED) is 0.233. The van der Waals surface area contributed by atoms with Crippen LogP contribution in [0.5, 0.6) is 5.75 Å². The average molecular weight is 777 g/mol. The van der Waals surface area contributed by atoms with Gasteiger partial charge in [0.25, 0.3) is 5.91 Å². The molecule has 0 aromatic heterocycles. The summed E-state index contributed by atoms with van der Waals surface area (Å²) in [6.45, 7) is 7.50. The van der Waals surface area contributed by atoms with E-state index in [2.05, 4.69) is 21.3 Å². The van der Waals surface area contributed by atoms with Crippen molar-refractivity contribution in [1.82, 2.24) is 31.1 Å². The van der Waals surface area contributed by atoms with Crippen molar-refractivity contribution in [2.75, 3.05) is 40.4 Å². The van der Waals surface area contributed by atoms with Gasteiger partial charge in [-0.05, 0) is 35.1 Å². The zero-order valence-electron chi connectivity index (χ0n) is 33.2. The number of ether oxygens (including phenoxy) is 2. The second kappa shape index (κ2) is 20.0. The van der Waals surface area contributed by atoms with Crippen LogP contribution >= 0.6 is 0 Å². The first-order valence-corrected chi connectivity index (χ1v) is 19.2. The zero-order chi connectivity index (χ0) is 41.0. The van der Waals surface area contributed by atoms with Crippen molar-refractivity contribution in [3.05, 3.63) is 65.7 Å². The summed E-state index contributed by atoms with van der Waals surface area (Å²) in [5.41, 5.74) is 0.514. The molecule has 15 heteroatoms. The van der Waals surface area contributed by atoms with Gasteiger partial charge in [0.2, 0.25) is 35.3 Å². The Hall–Kier alpha value is -5.31. The van der Waals surface area contributed by atoms with E-state index in [1.807, 2.05) is 33.8 Å². The summed E-state index contributed by atoms with van der Waals surface area (Å²) in [7, 11) is 3.11. The van der Waals surface area contributed by atoms with Gasteiger partial charge in [-0.25, -0.2) is 0 Å². The first-order chi connectivity index (χ1) is 26.6. The monoisotopic (exact) mass is 776 g/mol. The number of unbranched alkanes of at least 4 members (excludes halogenated alkanes) is 1. The summed E-state index contributed by atoms with van der Waals surface area (Å²) in [4.78, 5) is 97.0. The van der Waals surface area contributed by atoms with Crippen LogP contribution in [0, 0.1) is 5.41 Å². The molecule has 2 aliphatic rings. The van der Waals surface area contributed by atoms with Crippen molar-refractivity contribution in [2.45, 2.75) is 96.5 Å². The molecule has 2 aromatic rings. The van der Waals surface area contributed by atoms with E-state index < -0.39 is 71.6 Å². The molecular weight excluding hydrogens is 720 g/mol. The fraction of sp³-hybridized carbons (Fsp3) is 0.537. The maximum atomic E-state index is 14.3. The van der Waals surface area contributed by atoms with Gasteiger partial charge in [-0.15, -0.1) is 0 Å². The average Bonchev–Trinajstić information content (AvgIpc) is 3.59. The number of ketones is 1. The van der Waals surface area contributed by atoms with E-state index in [1.54, 1.807) is 62.6 Å². The smallest absolute Gasteiger partial charge is 0.290 e. The number of hydrogen-bond acceptors (Lipinski definition) is 9. The van der Waals surface area contributed by atoms with Crippen LogP contribution in [0.1, 0.15) is 77.0 Å². The summed E-state index contributed by atoms with van der Waals surface area (Å²) in [6.07, 6.45) is 1.45. The van der Waals surface area contributed by atoms with Gasteiger partial charge in [-0.3, -0.25) is 33.6 Å². The minimum atomic E-state index is -1.25. The number of amides is 6. The van der Waals surface area contributed by atoms with Gasteiger partial charge in [-0.1, -0.05) is 83.0 Å². The number of fused-ring (bicyclic) bond motifs is 4. The number of rotatable bonds is 12. The summed E-state index contributed by atoms with van der Waals surface area (Å²) < 4.78 is 12.0. The molecule has 56 heavy (non-hydrogen) atoms. The van der Waals surface area contributed by atoms with Crippen LogP contribution in [0.2, 0.25) is 0 Å². The Morgan fingerprint density at radius 1 is 0.982 bits per heavy atom. The van der Waals surface area contributed by atoms with Crippen LogP contribution in [0.4, 0.5) is 0 Å². The van der Waals surface area contributed by atoms with Crippen LogP contribution in [0.3, 0.4) is 0 Å². The second-order valence-electron chi connectivity index (χ2n) is 15.5. The lowest BCUT2D eigenvalue weighted by Crippen LogP contribution is -2.59. The number of benzene rings is 2. The molecule has 1 fully saturated rings. The van der Waals surface area contributed by atoms with Crippen molar-refractivity contribution < 1.29 is 43.0 Å². The normalized spacial score (nSPS) is 20.1. The van der Waals surface area contributed by atoms with E-state index in [1.165, 1.54) is 9.80 Å². The Morgan fingerprint density at radius 2 is 1.71 bits per heavy atom. The molecule has 304 valence electrons. The van der Waals surface area contributed by atoms with Gasteiger partial charge in [0.1, 0.15) is 23.9 Å². The van der Waals surface area contributed by atoms with Crippen LogP contribution in [0.15, 0.2) is 54.6 Å². The van der Waals surface area contributed by atoms with E-state index >= 15 is 0 Å². The highest BCUT2D eigenvalue weighted by Gasteiger charge is 2.46. The lowest BCUT2D eigenvalue weighted by molar-refractivity contribution is -0.145. The summed E-state index contributed by atoms with van der Waals surface area (Å²) >= 11 is 0. The van der Waals surface area contributed by atoms with Crippen molar-refractivity contribution >= 4 is 41.2 Å². The lowest BCUT2D eigenvalue weighted by atomic mass is 9.85. The molecule has 0 spiro atoms. The molecule has 4 N–H and O–H groups in total. The summed E-state index contributed by atoms with van der Waals surface area (Å²) in [5.74, 6) is -3.99. The van der Waals surface area contributed by atoms with E-state index in [-0.39, 0.29) is 37.6 Å². The first-order valence-electron chi connectivity index (χ1n) is 19.2. The number of likely N-dealkylation sites (N-methyl/N-ethyl adjacent to an activating group) is 1. The van der Waals surface area contributed by atoms with Crippen molar-refractivity contribution in [3.63, 3.8) is 0 Å². The van der Waals surface area contributed by atoms with Gasteiger partial charge in [0.05, 0.1) is 38.3 Å². The second-order valence-corrected chi connectivity index (χ2v) is 15.5. The van der Waals surface area contributed by atoms with Gasteiger partial charge in [0.15, 0.2) is 0 Å². The number of hydrogen-bond donors (Lipinski definition) is 4. The minimum Gasteiger partial charge on any atom is -0.493 e. The molecule has 2 aromatic carbocycles. The van der Waals surface area contributed by atoms with Gasteiger partial charge in [-0.2, -0.15) is 0 Å². The number of nitrogens with zero attached hydrogens (tertiary/aromatic N) is 2. The molecule has 5 atom stereocenters. The molecule has 15 nitrogen and oxygen atoms in total. The molecule has 4 rings (SSSR count). The molecule has 1 saturated heterocycles. The van der Waals surface area contributed by atoms with Crippen LogP contribution in [-0.2, 0) is 44.7 Å². The molecule has 0 radical (unpaired) electrons. The lowest BCUT2D eigenvalue weighted by Gasteiger charge is -2.35. The highest BCUT2D eigenvalue weighted by molar-refractivity contribution is 6.38. The Morgan fingerprint density at radius 3 is 2.39 bits per heavy atom. The molecule has 1 unspecified atom stereocenters. The third kappa shape index (κ3) is 12.1. The molecule has 0 aliphatic carbocycles. The van der Waals surface area contributed by atoms with E-state index in [9.17, 15) is 33.6 Å². The fourth-order valence-corrected chi connectivity index (χ4v) is 6.62. The number of carbonyl (C=O) groups excluding carboxylic acids is 7. The van der Waals surface area contributed by atoms with Crippen LogP contribution in [0.25, 0.3) is 0 Å². The number of carbonyl (C=O) groups is 7. The molecule has 4 bridgehead atoms. The third-order valence-electron chi connectivity index (χ3n) is 9.68. The molecular formula is C41H56N6O9. The maximum absolute atomic E-state index is 14.3. The standard InChI is InChI=1S/C41H56N6O9/c1-7-8-18-30(35(50)38(52)42-24-33(49)44-34(39(53)46(5)6)27-15-10-9-11-16-27)43-37(51)31-23-29-25-47(31)40(54)36(41(2,3)4)45-32(48)22-26-14-12-17-28(21-26)55-19-13-20-56-29/h9-12,14-17,21,29-31,34,36H,7-8,13,18-20,22-25H2,1-6H3,(H,42,52)(H,43,51)(H,44,49)(H,45,48)/t29-,30+,31?,34+,36-/m1/s1. The van der Waals surface area contributed by atoms with Crippen molar-refractivity contribution in [2.24, 2.45) is 5.41 Å². The largest absolute Gasteiger partial charge is 0.493 e. The summed E-state index contributed by atoms with van der Waals surface area (Å²) in [5, 5.41) is 10.6. The molecule has 6 amide bonds. The SMILES string of the molecule is CCCC[C@H](NC(=O)C1C[C@@H]2CN1C(=O)[C@H](C(C)(C)C)NC(=O)Cc1cccc(c1)OCCCO2)C(=O)C(=O)NCC(=O)N[C@H](C(=O)N(C)C)c1ccccc1. The molecule has 2 aliphatic heterocycles. The van der Waals surface area contributed by atoms with E-state index in [0.717, 1.165) is 0 Å². The van der Waals surface area contributed by atoms with Crippen molar-refractivity contribution in [1.29, 1.82) is 0 Å². The van der Waals surface area contributed by atoms with Crippen molar-refractivity contribution in [3.8, 4) is 5.75 Å². The Bertz CT molecular complexity index is 1730. The van der Waals surface area contributed by atoms with Crippen LogP contribution in [-0.4, -0.2) is 116 Å². The fourth-order valence-electron chi connectivity index (χ4n) is 6.62. The number of nitrogens with one attached hydrogen (secondary N) is 4. The minimum absolute atomic E-state index is 0.0134. The van der Waals surface area contributed by atoms with Crippen LogP contribution < -0.4 is 26.0 Å². The highest BCUT2D eigenvalue weighted by Crippen LogP contribution is 2.28. The van der Waals surface area contributed by atoms with Gasteiger partial charge >= 0.3 is 0 Å². The first kappa shape index (κ1) is 43.4. The molecule has 2 heterocycles. The molecule has 0 saturated carbocycles. The Labute approximate surface area is 328 Å². The highest BCUT2D eigenvalue weighted by atomic mass is 16.5. The Kier molecular flexibility index (Phi) is 15.5. The zero-order valence-corrected chi connectivity index (χ0v) is 33.2.